The van der Waals surface area contributed by atoms with E-state index in [4.69, 9.17) is 11.1 Å². The van der Waals surface area contributed by atoms with Crippen molar-refractivity contribution in [2.75, 3.05) is 10.6 Å². The zero-order valence-electron chi connectivity index (χ0n) is 18.7. The van der Waals surface area contributed by atoms with Crippen LogP contribution in [0.5, 0.6) is 0 Å². The molecule has 1 aliphatic rings. The summed E-state index contributed by atoms with van der Waals surface area (Å²) >= 11 is 0. The lowest BCUT2D eigenvalue weighted by Gasteiger charge is -2.32. The molecular weight excluding hydrogens is 404 g/mol. The van der Waals surface area contributed by atoms with Crippen molar-refractivity contribution in [2.45, 2.75) is 57.9 Å². The van der Waals surface area contributed by atoms with E-state index in [2.05, 4.69) is 10.6 Å². The fourth-order valence-corrected chi connectivity index (χ4v) is 4.32. The fraction of sp³-hybridized carbons (Fsp3) is 0.400. The molecule has 1 aliphatic carbocycles. The number of anilines is 2. The smallest absolute Gasteiger partial charge is 0.334 e. The van der Waals surface area contributed by atoms with Crippen LogP contribution in [0.15, 0.2) is 42.5 Å². The number of amides is 1. The van der Waals surface area contributed by atoms with Gasteiger partial charge in [-0.25, -0.2) is 4.79 Å². The Balaban J connectivity index is 1.97. The molecule has 1 atom stereocenters. The van der Waals surface area contributed by atoms with Crippen LogP contribution in [0.1, 0.15) is 62.6 Å². The number of amidine groups is 1. The Labute approximate surface area is 188 Å². The van der Waals surface area contributed by atoms with Crippen molar-refractivity contribution in [3.63, 3.8) is 0 Å². The second-order valence-corrected chi connectivity index (χ2v) is 8.42. The first-order chi connectivity index (χ1) is 15.3. The molecule has 1 amide bonds. The molecule has 7 nitrogen and oxygen atoms in total. The van der Waals surface area contributed by atoms with Gasteiger partial charge in [-0.15, -0.1) is 0 Å². The molecule has 0 aliphatic heterocycles. The molecule has 0 spiro atoms. The molecule has 1 saturated carbocycles. The average molecular weight is 437 g/mol. The van der Waals surface area contributed by atoms with Crippen LogP contribution in [0.4, 0.5) is 11.4 Å². The summed E-state index contributed by atoms with van der Waals surface area (Å²) in [5.41, 5.74) is 7.49. The van der Waals surface area contributed by atoms with Gasteiger partial charge >= 0.3 is 5.97 Å². The number of nitrogens with two attached hydrogens (primary N) is 1. The summed E-state index contributed by atoms with van der Waals surface area (Å²) in [6.45, 7) is 3.82. The van der Waals surface area contributed by atoms with Gasteiger partial charge in [0.25, 0.3) is 0 Å². The largest absolute Gasteiger partial charge is 0.479 e. The van der Waals surface area contributed by atoms with Gasteiger partial charge in [0.1, 0.15) is 5.84 Å². The fourth-order valence-electron chi connectivity index (χ4n) is 4.32. The number of aryl methyl sites for hydroxylation is 1. The summed E-state index contributed by atoms with van der Waals surface area (Å²) in [7, 11) is 0. The lowest BCUT2D eigenvalue weighted by Crippen LogP contribution is -2.43. The first-order valence-corrected chi connectivity index (χ1v) is 11.2. The maximum atomic E-state index is 12.7. The maximum Gasteiger partial charge on any atom is 0.334 e. The Morgan fingerprint density at radius 3 is 2.28 bits per heavy atom. The Bertz CT molecular complexity index is 997. The predicted octanol–water partition coefficient (Wildman–Crippen LogP) is 4.46. The number of aliphatic carboxylic acids is 1. The molecule has 2 aromatic carbocycles. The van der Waals surface area contributed by atoms with Crippen molar-refractivity contribution in [3.8, 4) is 0 Å². The number of carbonyl (C=O) groups is 2. The van der Waals surface area contributed by atoms with Crippen LogP contribution in [-0.4, -0.2) is 22.8 Å². The average Bonchev–Trinajstić information content (AvgIpc) is 3.32. The summed E-state index contributed by atoms with van der Waals surface area (Å²) in [4.78, 5) is 25.3. The minimum absolute atomic E-state index is 0.00640. The Morgan fingerprint density at radius 1 is 1.09 bits per heavy atom. The van der Waals surface area contributed by atoms with Gasteiger partial charge < -0.3 is 21.5 Å². The number of rotatable bonds is 9. The molecule has 1 unspecified atom stereocenters. The number of carboxylic acids is 1. The van der Waals surface area contributed by atoms with E-state index in [1.165, 1.54) is 0 Å². The minimum atomic E-state index is -1.38. The lowest BCUT2D eigenvalue weighted by atomic mass is 9.85. The zero-order valence-corrected chi connectivity index (χ0v) is 18.7. The van der Waals surface area contributed by atoms with Gasteiger partial charge in [0.05, 0.1) is 0 Å². The summed E-state index contributed by atoms with van der Waals surface area (Å²) in [5.74, 6) is -1.02. The Morgan fingerprint density at radius 2 is 1.75 bits per heavy atom. The Hall–Kier alpha value is -3.35. The van der Waals surface area contributed by atoms with Crippen molar-refractivity contribution in [1.29, 1.82) is 5.41 Å². The van der Waals surface area contributed by atoms with Crippen LogP contribution in [0.3, 0.4) is 0 Å². The highest BCUT2D eigenvalue weighted by Crippen LogP contribution is 2.34. The SMILES string of the molecule is CCc1cc(NC(=O)C2CCCC2)cc(C(CC)(Nc2ccc(C(=N)N)cc2)C(=O)O)c1. The number of benzene rings is 2. The van der Waals surface area contributed by atoms with Gasteiger partial charge in [-0.2, -0.15) is 0 Å². The van der Waals surface area contributed by atoms with Gasteiger partial charge in [-0.3, -0.25) is 10.2 Å². The van der Waals surface area contributed by atoms with Crippen LogP contribution in [-0.2, 0) is 21.5 Å². The highest BCUT2D eigenvalue weighted by molar-refractivity contribution is 5.95. The van der Waals surface area contributed by atoms with Crippen LogP contribution in [0.25, 0.3) is 0 Å². The molecule has 0 saturated heterocycles. The number of nitrogens with one attached hydrogen (secondary N) is 3. The van der Waals surface area contributed by atoms with E-state index in [-0.39, 0.29) is 17.7 Å². The Kier molecular flexibility index (Phi) is 7.18. The number of carbonyl (C=O) groups excluding carboxylic acids is 1. The van der Waals surface area contributed by atoms with Crippen LogP contribution >= 0.6 is 0 Å². The third kappa shape index (κ3) is 4.93. The van der Waals surface area contributed by atoms with E-state index >= 15 is 0 Å². The molecule has 3 rings (SSSR count). The zero-order chi connectivity index (χ0) is 23.3. The monoisotopic (exact) mass is 436 g/mol. The lowest BCUT2D eigenvalue weighted by molar-refractivity contribution is -0.142. The highest BCUT2D eigenvalue weighted by Gasteiger charge is 2.39. The first kappa shape index (κ1) is 23.3. The predicted molar refractivity (Wildman–Crippen MR) is 127 cm³/mol. The molecule has 7 heteroatoms. The molecular formula is C25H32N4O3. The third-order valence-electron chi connectivity index (χ3n) is 6.34. The van der Waals surface area contributed by atoms with E-state index < -0.39 is 11.5 Å². The summed E-state index contributed by atoms with van der Waals surface area (Å²) in [6.07, 6.45) is 4.95. The summed E-state index contributed by atoms with van der Waals surface area (Å²) in [5, 5.41) is 24.0. The maximum absolute atomic E-state index is 12.7. The van der Waals surface area contributed by atoms with E-state index in [9.17, 15) is 14.7 Å². The molecule has 0 radical (unpaired) electrons. The molecule has 6 N–H and O–H groups in total. The van der Waals surface area contributed by atoms with Crippen molar-refractivity contribution in [2.24, 2.45) is 11.7 Å². The first-order valence-electron chi connectivity index (χ1n) is 11.2. The van der Waals surface area contributed by atoms with Crippen molar-refractivity contribution < 1.29 is 14.7 Å². The van der Waals surface area contributed by atoms with Crippen LogP contribution < -0.4 is 16.4 Å². The molecule has 0 aromatic heterocycles. The topological polar surface area (TPSA) is 128 Å². The quantitative estimate of drug-likeness (QED) is 0.293. The van der Waals surface area contributed by atoms with E-state index in [0.29, 0.717) is 35.3 Å². The van der Waals surface area contributed by atoms with Crippen molar-refractivity contribution in [1.82, 2.24) is 0 Å². The summed E-state index contributed by atoms with van der Waals surface area (Å²) in [6, 6.07) is 12.4. The van der Waals surface area contributed by atoms with Gasteiger partial charge in [0, 0.05) is 22.9 Å². The number of nitrogen functional groups attached to an aromatic ring is 1. The minimum Gasteiger partial charge on any atom is -0.479 e. The van der Waals surface area contributed by atoms with Crippen molar-refractivity contribution in [3.05, 3.63) is 59.2 Å². The van der Waals surface area contributed by atoms with E-state index in [0.717, 1.165) is 31.2 Å². The second kappa shape index (κ2) is 9.85. The third-order valence-corrected chi connectivity index (χ3v) is 6.34. The molecule has 1 fully saturated rings. The number of hydrogen-bond acceptors (Lipinski definition) is 4. The normalized spacial score (nSPS) is 15.7. The number of carboxylic acid groups (broad SMARTS) is 1. The van der Waals surface area contributed by atoms with Gasteiger partial charge in [0.15, 0.2) is 5.54 Å². The van der Waals surface area contributed by atoms with Crippen molar-refractivity contribution >= 4 is 29.1 Å². The van der Waals surface area contributed by atoms with Gasteiger partial charge in [-0.1, -0.05) is 32.8 Å². The molecule has 32 heavy (non-hydrogen) atoms. The molecule has 170 valence electrons. The highest BCUT2D eigenvalue weighted by atomic mass is 16.4. The number of hydrogen-bond donors (Lipinski definition) is 5. The van der Waals surface area contributed by atoms with Gasteiger partial charge in [0.2, 0.25) is 5.91 Å². The van der Waals surface area contributed by atoms with E-state index in [1.807, 2.05) is 26.0 Å². The standard InChI is InChI=1S/C25H32N4O3/c1-3-16-13-19(15-21(14-16)28-23(30)18-7-5-6-8-18)25(4-2,24(31)32)29-20-11-9-17(10-12-20)22(26)27/h9-15,18,29H,3-8H2,1-2H3,(H3,26,27)(H,28,30)(H,31,32). The molecule has 0 bridgehead atoms. The summed E-state index contributed by atoms with van der Waals surface area (Å²) < 4.78 is 0. The molecule has 0 heterocycles. The van der Waals surface area contributed by atoms with Crippen LogP contribution in [0, 0.1) is 11.3 Å². The second-order valence-electron chi connectivity index (χ2n) is 8.42. The van der Waals surface area contributed by atoms with E-state index in [1.54, 1.807) is 30.3 Å². The molecule has 2 aromatic rings. The van der Waals surface area contributed by atoms with Crippen LogP contribution in [0.2, 0.25) is 0 Å². The van der Waals surface area contributed by atoms with Gasteiger partial charge in [-0.05, 0) is 73.2 Å².